The minimum absolute atomic E-state index is 0.150. The summed E-state index contributed by atoms with van der Waals surface area (Å²) >= 11 is 5.84. The fourth-order valence-electron chi connectivity index (χ4n) is 2.88. The van der Waals surface area contributed by atoms with Crippen molar-refractivity contribution < 1.29 is 27.4 Å². The van der Waals surface area contributed by atoms with Crippen molar-refractivity contribution in [3.63, 3.8) is 0 Å². The first kappa shape index (κ1) is 21.7. The third-order valence-corrected chi connectivity index (χ3v) is 4.14. The molecule has 1 aliphatic heterocycles. The normalized spacial score (nSPS) is 21.1. The van der Waals surface area contributed by atoms with E-state index in [1.54, 1.807) is 0 Å². The molecule has 0 saturated carbocycles. The standard InChI is InChI=1S/C17H23ClF3N3O3/c1-11-8-24(9-12(2)27-11)5-3-4-22-15(25)13-6-14(18)16(23-7-13)26-10-17(19,20)21/h6-7,11-12H,3-5,8-10H2,1-2H3,(H,22,25)/t11-,12-/m1/s1. The van der Waals surface area contributed by atoms with Gasteiger partial charge >= 0.3 is 6.18 Å². The second kappa shape index (κ2) is 9.57. The van der Waals surface area contributed by atoms with E-state index in [4.69, 9.17) is 16.3 Å². The monoisotopic (exact) mass is 409 g/mol. The van der Waals surface area contributed by atoms with Gasteiger partial charge in [-0.05, 0) is 26.3 Å². The number of carbonyl (C=O) groups excluding carboxylic acids is 1. The number of alkyl halides is 3. The zero-order valence-electron chi connectivity index (χ0n) is 15.2. The lowest BCUT2D eigenvalue weighted by atomic mass is 10.2. The van der Waals surface area contributed by atoms with Gasteiger partial charge in [0.25, 0.3) is 5.91 Å². The van der Waals surface area contributed by atoms with Crippen molar-refractivity contribution in [3.05, 3.63) is 22.8 Å². The molecule has 1 N–H and O–H groups in total. The second-order valence-electron chi connectivity index (χ2n) is 6.54. The summed E-state index contributed by atoms with van der Waals surface area (Å²) < 4.78 is 46.7. The molecule has 0 aromatic carbocycles. The molecule has 0 aliphatic carbocycles. The Kier molecular flexibility index (Phi) is 7.69. The summed E-state index contributed by atoms with van der Waals surface area (Å²) in [5.74, 6) is -0.753. The molecule has 0 unspecified atom stereocenters. The molecule has 152 valence electrons. The predicted octanol–water partition coefficient (Wildman–Crippen LogP) is 2.91. The smallest absolute Gasteiger partial charge is 0.422 e. The Morgan fingerprint density at radius 2 is 2.07 bits per heavy atom. The van der Waals surface area contributed by atoms with Gasteiger partial charge in [-0.1, -0.05) is 11.6 Å². The van der Waals surface area contributed by atoms with Crippen molar-refractivity contribution in [1.82, 2.24) is 15.2 Å². The van der Waals surface area contributed by atoms with Crippen molar-refractivity contribution in [2.45, 2.75) is 38.7 Å². The molecule has 2 heterocycles. The van der Waals surface area contributed by atoms with Gasteiger partial charge in [0.05, 0.1) is 17.8 Å². The van der Waals surface area contributed by atoms with Crippen LogP contribution in [0.3, 0.4) is 0 Å². The summed E-state index contributed by atoms with van der Waals surface area (Å²) in [5.41, 5.74) is 0.160. The SMILES string of the molecule is C[C@@H]1CN(CCCNC(=O)c2cnc(OCC(F)(F)F)c(Cl)c2)C[C@@H](C)O1. The van der Waals surface area contributed by atoms with Gasteiger partial charge < -0.3 is 14.8 Å². The minimum Gasteiger partial charge on any atom is -0.467 e. The number of halogens is 4. The molecular formula is C17H23ClF3N3O3. The molecule has 6 nitrogen and oxygen atoms in total. The lowest BCUT2D eigenvalue weighted by Crippen LogP contribution is -2.46. The van der Waals surface area contributed by atoms with Crippen LogP contribution in [0.15, 0.2) is 12.3 Å². The molecule has 0 spiro atoms. The van der Waals surface area contributed by atoms with Gasteiger partial charge in [-0.3, -0.25) is 9.69 Å². The Hall–Kier alpha value is -1.58. The highest BCUT2D eigenvalue weighted by molar-refractivity contribution is 6.32. The highest BCUT2D eigenvalue weighted by atomic mass is 35.5. The number of nitrogens with one attached hydrogen (secondary N) is 1. The van der Waals surface area contributed by atoms with Crippen LogP contribution in [0, 0.1) is 0 Å². The number of rotatable bonds is 7. The molecule has 1 fully saturated rings. The third kappa shape index (κ3) is 7.51. The van der Waals surface area contributed by atoms with E-state index in [-0.39, 0.29) is 28.7 Å². The first-order valence-electron chi connectivity index (χ1n) is 8.65. The number of hydrogen-bond acceptors (Lipinski definition) is 5. The fraction of sp³-hybridized carbons (Fsp3) is 0.647. The van der Waals surface area contributed by atoms with E-state index < -0.39 is 18.7 Å². The molecule has 2 rings (SSSR count). The first-order valence-corrected chi connectivity index (χ1v) is 9.03. The maximum Gasteiger partial charge on any atom is 0.422 e. The van der Waals surface area contributed by atoms with Gasteiger partial charge in [0.15, 0.2) is 6.61 Å². The number of hydrogen-bond donors (Lipinski definition) is 1. The minimum atomic E-state index is -4.49. The average Bonchev–Trinajstić information content (AvgIpc) is 2.55. The van der Waals surface area contributed by atoms with Crippen LogP contribution in [-0.4, -0.2) is 67.0 Å². The fourth-order valence-corrected chi connectivity index (χ4v) is 3.10. The van der Waals surface area contributed by atoms with E-state index in [2.05, 4.69) is 19.9 Å². The third-order valence-electron chi connectivity index (χ3n) is 3.87. The van der Waals surface area contributed by atoms with E-state index in [1.807, 2.05) is 13.8 Å². The van der Waals surface area contributed by atoms with Crippen molar-refractivity contribution in [3.8, 4) is 5.88 Å². The molecule has 1 aromatic rings. The van der Waals surface area contributed by atoms with Crippen molar-refractivity contribution in [2.24, 2.45) is 0 Å². The van der Waals surface area contributed by atoms with Crippen LogP contribution in [0.25, 0.3) is 0 Å². The van der Waals surface area contributed by atoms with Gasteiger partial charge in [0.2, 0.25) is 5.88 Å². The van der Waals surface area contributed by atoms with Crippen LogP contribution in [0.1, 0.15) is 30.6 Å². The number of aromatic nitrogens is 1. The van der Waals surface area contributed by atoms with Crippen LogP contribution in [0.5, 0.6) is 5.88 Å². The molecule has 1 aromatic heterocycles. The topological polar surface area (TPSA) is 63.7 Å². The number of pyridine rings is 1. The van der Waals surface area contributed by atoms with Crippen molar-refractivity contribution in [2.75, 3.05) is 32.8 Å². The lowest BCUT2D eigenvalue weighted by molar-refractivity contribution is -0.154. The lowest BCUT2D eigenvalue weighted by Gasteiger charge is -2.35. The summed E-state index contributed by atoms with van der Waals surface area (Å²) in [5, 5.41) is 2.60. The summed E-state index contributed by atoms with van der Waals surface area (Å²) in [6, 6.07) is 1.24. The summed E-state index contributed by atoms with van der Waals surface area (Å²) in [7, 11) is 0. The van der Waals surface area contributed by atoms with Gasteiger partial charge in [-0.25, -0.2) is 4.98 Å². The van der Waals surface area contributed by atoms with Crippen LogP contribution in [0.4, 0.5) is 13.2 Å². The number of carbonyl (C=O) groups is 1. The summed E-state index contributed by atoms with van der Waals surface area (Å²) in [6.07, 6.45) is -2.21. The van der Waals surface area contributed by atoms with Crippen molar-refractivity contribution in [1.29, 1.82) is 0 Å². The van der Waals surface area contributed by atoms with Crippen LogP contribution in [-0.2, 0) is 4.74 Å². The Labute approximate surface area is 161 Å². The summed E-state index contributed by atoms with van der Waals surface area (Å²) in [6.45, 7) is 5.58. The molecular weight excluding hydrogens is 387 g/mol. The number of amides is 1. The van der Waals surface area contributed by atoms with E-state index in [1.165, 1.54) is 6.07 Å². The molecule has 1 aliphatic rings. The predicted molar refractivity (Wildman–Crippen MR) is 94.2 cm³/mol. The zero-order valence-corrected chi connectivity index (χ0v) is 15.9. The van der Waals surface area contributed by atoms with E-state index in [0.717, 1.165) is 32.3 Å². The number of morpholine rings is 1. The molecule has 10 heteroatoms. The highest BCUT2D eigenvalue weighted by Gasteiger charge is 2.29. The Morgan fingerprint density at radius 1 is 1.41 bits per heavy atom. The molecule has 1 amide bonds. The Bertz CT molecular complexity index is 636. The van der Waals surface area contributed by atoms with Crippen molar-refractivity contribution >= 4 is 17.5 Å². The maximum atomic E-state index is 12.2. The van der Waals surface area contributed by atoms with E-state index >= 15 is 0 Å². The van der Waals surface area contributed by atoms with Gasteiger partial charge in [-0.15, -0.1) is 0 Å². The van der Waals surface area contributed by atoms with Crippen LogP contribution < -0.4 is 10.1 Å². The van der Waals surface area contributed by atoms with Gasteiger partial charge in [-0.2, -0.15) is 13.2 Å². The van der Waals surface area contributed by atoms with Gasteiger partial charge in [0.1, 0.15) is 5.02 Å². The maximum absolute atomic E-state index is 12.2. The Morgan fingerprint density at radius 3 is 2.67 bits per heavy atom. The summed E-state index contributed by atoms with van der Waals surface area (Å²) in [4.78, 5) is 18.1. The molecule has 0 radical (unpaired) electrons. The zero-order chi connectivity index (χ0) is 20.0. The van der Waals surface area contributed by atoms with Crippen LogP contribution in [0.2, 0.25) is 5.02 Å². The largest absolute Gasteiger partial charge is 0.467 e. The average molecular weight is 410 g/mol. The quantitative estimate of drug-likeness (QED) is 0.701. The molecule has 2 atom stereocenters. The first-order chi connectivity index (χ1) is 12.6. The molecule has 27 heavy (non-hydrogen) atoms. The van der Waals surface area contributed by atoms with E-state index in [0.29, 0.717) is 6.54 Å². The van der Waals surface area contributed by atoms with Gasteiger partial charge in [0, 0.05) is 32.4 Å². The van der Waals surface area contributed by atoms with E-state index in [9.17, 15) is 18.0 Å². The molecule has 1 saturated heterocycles. The Balaban J connectivity index is 1.76. The number of nitrogens with zero attached hydrogens (tertiary/aromatic N) is 2. The molecule has 0 bridgehead atoms. The highest BCUT2D eigenvalue weighted by Crippen LogP contribution is 2.25. The second-order valence-corrected chi connectivity index (χ2v) is 6.95. The van der Waals surface area contributed by atoms with Crippen LogP contribution >= 0.6 is 11.6 Å². The number of ether oxygens (including phenoxy) is 2.